The Hall–Kier alpha value is -3.12. The molecule has 1 amide bonds. The van der Waals surface area contributed by atoms with Crippen LogP contribution >= 0.6 is 0 Å². The molecule has 1 fully saturated rings. The van der Waals surface area contributed by atoms with Gasteiger partial charge in [-0.05, 0) is 30.3 Å². The number of carbonyl (C=O) groups is 1. The Balaban J connectivity index is 1.72. The Kier molecular flexibility index (Phi) is 5.59. The number of pyridine rings is 1. The number of halogens is 3. The van der Waals surface area contributed by atoms with E-state index in [-0.39, 0.29) is 29.6 Å². The normalized spacial score (nSPS) is 19.1. The molecule has 1 aliphatic heterocycles. The number of anilines is 1. The molecule has 0 spiro atoms. The SMILES string of the molecule is CN(C)S(=O)(=O)NC(=O)c1cnn2ccc(N3C[C@@H](F)CC3c3cc(F)ccc3F)cc12. The first-order chi connectivity index (χ1) is 15.1. The molecule has 1 unspecified atom stereocenters. The highest BCUT2D eigenvalue weighted by Gasteiger charge is 2.35. The van der Waals surface area contributed by atoms with E-state index in [2.05, 4.69) is 5.10 Å². The third kappa shape index (κ3) is 4.02. The van der Waals surface area contributed by atoms with Crippen molar-refractivity contribution < 1.29 is 26.4 Å². The van der Waals surface area contributed by atoms with Crippen LogP contribution in [0.5, 0.6) is 0 Å². The fraction of sp³-hybridized carbons (Fsp3) is 0.300. The Morgan fingerprint density at radius 3 is 2.69 bits per heavy atom. The van der Waals surface area contributed by atoms with Crippen molar-refractivity contribution in [2.24, 2.45) is 0 Å². The molecule has 8 nitrogen and oxygen atoms in total. The van der Waals surface area contributed by atoms with Crippen molar-refractivity contribution in [2.75, 3.05) is 25.5 Å². The quantitative estimate of drug-likeness (QED) is 0.623. The van der Waals surface area contributed by atoms with Gasteiger partial charge < -0.3 is 4.90 Å². The van der Waals surface area contributed by atoms with Crippen molar-refractivity contribution in [3.8, 4) is 0 Å². The molecule has 12 heteroatoms. The number of carbonyl (C=O) groups excluding carboxylic acids is 1. The van der Waals surface area contributed by atoms with Crippen LogP contribution in [0.4, 0.5) is 18.9 Å². The third-order valence-electron chi connectivity index (χ3n) is 5.35. The summed E-state index contributed by atoms with van der Waals surface area (Å²) in [5.74, 6) is -2.16. The summed E-state index contributed by atoms with van der Waals surface area (Å²) in [5, 5.41) is 4.05. The van der Waals surface area contributed by atoms with Crippen molar-refractivity contribution in [3.63, 3.8) is 0 Å². The molecule has 1 aromatic carbocycles. The minimum Gasteiger partial charge on any atom is -0.361 e. The zero-order chi connectivity index (χ0) is 23.2. The van der Waals surface area contributed by atoms with Gasteiger partial charge in [0.05, 0.1) is 23.3 Å². The molecule has 2 atom stereocenters. The second-order valence-corrected chi connectivity index (χ2v) is 9.54. The summed E-state index contributed by atoms with van der Waals surface area (Å²) < 4.78 is 70.6. The number of benzene rings is 1. The predicted molar refractivity (Wildman–Crippen MR) is 111 cm³/mol. The Morgan fingerprint density at radius 1 is 1.22 bits per heavy atom. The van der Waals surface area contributed by atoms with Gasteiger partial charge >= 0.3 is 10.2 Å². The second-order valence-electron chi connectivity index (χ2n) is 7.66. The first-order valence-electron chi connectivity index (χ1n) is 9.64. The van der Waals surface area contributed by atoms with Gasteiger partial charge in [0.1, 0.15) is 17.8 Å². The lowest BCUT2D eigenvalue weighted by molar-refractivity contribution is 0.0981. The summed E-state index contributed by atoms with van der Waals surface area (Å²) >= 11 is 0. The van der Waals surface area contributed by atoms with E-state index in [0.717, 1.165) is 22.5 Å². The van der Waals surface area contributed by atoms with Crippen LogP contribution in [0.2, 0.25) is 0 Å². The fourth-order valence-electron chi connectivity index (χ4n) is 3.72. The van der Waals surface area contributed by atoms with E-state index in [0.29, 0.717) is 5.69 Å². The molecule has 170 valence electrons. The zero-order valence-corrected chi connectivity index (χ0v) is 18.0. The summed E-state index contributed by atoms with van der Waals surface area (Å²) in [6.45, 7) is -0.0541. The van der Waals surface area contributed by atoms with E-state index in [4.69, 9.17) is 0 Å². The minimum atomic E-state index is -4.02. The molecule has 32 heavy (non-hydrogen) atoms. The number of alkyl halides is 1. The zero-order valence-electron chi connectivity index (χ0n) is 17.2. The monoisotopic (exact) mass is 467 g/mol. The van der Waals surface area contributed by atoms with Gasteiger partial charge in [-0.15, -0.1) is 0 Å². The van der Waals surface area contributed by atoms with Crippen molar-refractivity contribution in [3.05, 3.63) is 65.5 Å². The maximum Gasteiger partial charge on any atom is 0.303 e. The first kappa shape index (κ1) is 22.1. The van der Waals surface area contributed by atoms with Gasteiger partial charge in [-0.2, -0.15) is 17.8 Å². The summed E-state index contributed by atoms with van der Waals surface area (Å²) in [5.41, 5.74) is 0.751. The highest BCUT2D eigenvalue weighted by Crippen LogP contribution is 2.39. The number of fused-ring (bicyclic) bond motifs is 1. The van der Waals surface area contributed by atoms with Crippen LogP contribution in [0, 0.1) is 11.6 Å². The molecule has 4 rings (SSSR count). The van der Waals surface area contributed by atoms with E-state index in [1.807, 2.05) is 4.72 Å². The van der Waals surface area contributed by atoms with Crippen LogP contribution < -0.4 is 9.62 Å². The van der Waals surface area contributed by atoms with Gasteiger partial charge in [-0.25, -0.2) is 22.4 Å². The molecule has 3 aromatic rings. The lowest BCUT2D eigenvalue weighted by atomic mass is 10.0. The molecule has 0 aliphatic carbocycles. The number of amides is 1. The maximum absolute atomic E-state index is 14.4. The molecule has 3 heterocycles. The molecule has 1 N–H and O–H groups in total. The van der Waals surface area contributed by atoms with Gasteiger partial charge in [-0.3, -0.25) is 4.79 Å². The molecule has 1 saturated heterocycles. The smallest absolute Gasteiger partial charge is 0.303 e. The lowest BCUT2D eigenvalue weighted by Gasteiger charge is -2.27. The van der Waals surface area contributed by atoms with Crippen molar-refractivity contribution in [1.29, 1.82) is 0 Å². The average molecular weight is 467 g/mol. The van der Waals surface area contributed by atoms with Crippen LogP contribution in [0.1, 0.15) is 28.4 Å². The number of hydrogen-bond donors (Lipinski definition) is 1. The van der Waals surface area contributed by atoms with E-state index in [1.54, 1.807) is 11.0 Å². The number of nitrogens with one attached hydrogen (secondary N) is 1. The van der Waals surface area contributed by atoms with Crippen molar-refractivity contribution in [1.82, 2.24) is 18.6 Å². The highest BCUT2D eigenvalue weighted by molar-refractivity contribution is 7.87. The van der Waals surface area contributed by atoms with Crippen LogP contribution in [0.3, 0.4) is 0 Å². The number of nitrogens with zero attached hydrogens (tertiary/aromatic N) is 4. The van der Waals surface area contributed by atoms with Gasteiger partial charge in [0.15, 0.2) is 0 Å². The largest absolute Gasteiger partial charge is 0.361 e. The summed E-state index contributed by atoms with van der Waals surface area (Å²) in [4.78, 5) is 14.1. The molecular formula is C20H20F3N5O3S. The molecule has 0 saturated carbocycles. The molecular weight excluding hydrogens is 447 g/mol. The topological polar surface area (TPSA) is 87.0 Å². The van der Waals surface area contributed by atoms with Gasteiger partial charge in [0, 0.05) is 44.5 Å². The Morgan fingerprint density at radius 2 is 1.97 bits per heavy atom. The van der Waals surface area contributed by atoms with E-state index in [9.17, 15) is 26.4 Å². The molecule has 1 aliphatic rings. The highest BCUT2D eigenvalue weighted by atomic mass is 32.2. The molecule has 0 bridgehead atoms. The Bertz CT molecular complexity index is 1290. The van der Waals surface area contributed by atoms with Crippen LogP contribution in [0.15, 0.2) is 42.7 Å². The molecule has 2 aromatic heterocycles. The van der Waals surface area contributed by atoms with Gasteiger partial charge in [0.2, 0.25) is 0 Å². The van der Waals surface area contributed by atoms with E-state index in [1.165, 1.54) is 37.1 Å². The number of aromatic nitrogens is 2. The minimum absolute atomic E-state index is 0.0123. The van der Waals surface area contributed by atoms with Crippen molar-refractivity contribution >= 4 is 27.3 Å². The van der Waals surface area contributed by atoms with Crippen molar-refractivity contribution in [2.45, 2.75) is 18.6 Å². The summed E-state index contributed by atoms with van der Waals surface area (Å²) in [6, 6.07) is 5.44. The average Bonchev–Trinajstić information content (AvgIpc) is 3.32. The molecule has 0 radical (unpaired) electrons. The van der Waals surface area contributed by atoms with Crippen LogP contribution in [-0.2, 0) is 10.2 Å². The summed E-state index contributed by atoms with van der Waals surface area (Å²) in [6.07, 6.45) is 1.44. The first-order valence-corrected chi connectivity index (χ1v) is 11.1. The van der Waals surface area contributed by atoms with Gasteiger partial charge in [0.25, 0.3) is 5.91 Å². The maximum atomic E-state index is 14.4. The van der Waals surface area contributed by atoms with Crippen LogP contribution in [0.25, 0.3) is 5.52 Å². The van der Waals surface area contributed by atoms with Crippen LogP contribution in [-0.4, -0.2) is 55.1 Å². The van der Waals surface area contributed by atoms with E-state index >= 15 is 0 Å². The fourth-order valence-corrected chi connectivity index (χ4v) is 4.25. The lowest BCUT2D eigenvalue weighted by Crippen LogP contribution is -2.39. The summed E-state index contributed by atoms with van der Waals surface area (Å²) in [7, 11) is -1.47. The third-order valence-corrected chi connectivity index (χ3v) is 6.76. The number of rotatable bonds is 5. The van der Waals surface area contributed by atoms with Gasteiger partial charge in [-0.1, -0.05) is 0 Å². The second kappa shape index (κ2) is 8.10. The predicted octanol–water partition coefficient (Wildman–Crippen LogP) is 2.44. The van der Waals surface area contributed by atoms with E-state index < -0.39 is 40.0 Å². The standard InChI is InChI=1S/C20H20F3N5O3S/c1-26(2)32(30,31)25-20(29)16-10-24-28-6-5-14(9-19(16)28)27-11-13(22)8-18(27)15-7-12(21)3-4-17(15)23/h3-7,9-10,13,18H,8,11H2,1-2H3,(H,25,29)/t13-,18?/m0/s1. The Labute approximate surface area is 182 Å². The number of hydrogen-bond acceptors (Lipinski definition) is 5.